The molecular weight excluding hydrogens is 402 g/mol. The Morgan fingerprint density at radius 1 is 1.19 bits per heavy atom. The zero-order valence-corrected chi connectivity index (χ0v) is 17.6. The van der Waals surface area contributed by atoms with Crippen molar-refractivity contribution in [2.24, 2.45) is 11.1 Å². The van der Waals surface area contributed by atoms with Crippen LogP contribution in [0.25, 0.3) is 0 Å². The number of hydrogen-bond acceptors (Lipinski definition) is 4. The fourth-order valence-corrected chi connectivity index (χ4v) is 6.74. The Balaban J connectivity index is 2.09. The normalized spacial score (nSPS) is 24.6. The van der Waals surface area contributed by atoms with Crippen LogP contribution in [-0.4, -0.2) is 32.4 Å². The molecule has 0 spiro atoms. The Bertz CT molecular complexity index is 942. The molecule has 0 radical (unpaired) electrons. The van der Waals surface area contributed by atoms with Crippen LogP contribution in [0.3, 0.4) is 0 Å². The summed E-state index contributed by atoms with van der Waals surface area (Å²) in [7, 11) is -2.15. The predicted octanol–water partition coefficient (Wildman–Crippen LogP) is 3.76. The van der Waals surface area contributed by atoms with Gasteiger partial charge in [-0.3, -0.25) is 0 Å². The van der Waals surface area contributed by atoms with Crippen LogP contribution in [0.15, 0.2) is 53.4 Å². The standard InChI is InChI=1S/C20H22ClNO3S2/c1-3-13-4-6-14(7-5-13)17-18(20(17,12-25-2)19(22)26)27(23,24)16-10-8-15(21)9-11-16/h4-11,17-18H,3,12H2,1-2H3,(H2,22,26)/t17-,18-,20+/m1/s1. The van der Waals surface area contributed by atoms with Crippen molar-refractivity contribution < 1.29 is 13.2 Å². The first kappa shape index (κ1) is 20.3. The van der Waals surface area contributed by atoms with Gasteiger partial charge >= 0.3 is 0 Å². The number of sulfone groups is 1. The molecule has 2 aromatic carbocycles. The van der Waals surface area contributed by atoms with Crippen LogP contribution >= 0.6 is 23.8 Å². The first-order chi connectivity index (χ1) is 12.8. The van der Waals surface area contributed by atoms with Gasteiger partial charge in [-0.1, -0.05) is 55.0 Å². The van der Waals surface area contributed by atoms with E-state index < -0.39 is 20.5 Å². The molecule has 0 saturated heterocycles. The van der Waals surface area contributed by atoms with Gasteiger partial charge in [-0.05, 0) is 41.8 Å². The van der Waals surface area contributed by atoms with E-state index in [1.165, 1.54) is 24.8 Å². The highest BCUT2D eigenvalue weighted by atomic mass is 35.5. The summed E-state index contributed by atoms with van der Waals surface area (Å²) in [6.45, 7) is 2.23. The van der Waals surface area contributed by atoms with Gasteiger partial charge in [-0.25, -0.2) is 8.42 Å². The monoisotopic (exact) mass is 423 g/mol. The van der Waals surface area contributed by atoms with Crippen LogP contribution in [0, 0.1) is 5.41 Å². The molecule has 1 saturated carbocycles. The molecule has 2 aromatic rings. The summed E-state index contributed by atoms with van der Waals surface area (Å²) in [5.74, 6) is -0.346. The van der Waals surface area contributed by atoms with Crippen molar-refractivity contribution in [1.29, 1.82) is 0 Å². The molecule has 144 valence electrons. The number of nitrogens with two attached hydrogens (primary N) is 1. The Labute approximate surface area is 170 Å². The molecule has 7 heteroatoms. The zero-order chi connectivity index (χ0) is 19.8. The third-order valence-electron chi connectivity index (χ3n) is 5.32. The number of thiocarbonyl (C=S) groups is 1. The number of halogens is 1. The van der Waals surface area contributed by atoms with Crippen LogP contribution in [0.5, 0.6) is 0 Å². The summed E-state index contributed by atoms with van der Waals surface area (Å²) in [4.78, 5) is 0.373. The molecule has 2 N–H and O–H groups in total. The van der Waals surface area contributed by atoms with Crippen LogP contribution < -0.4 is 5.73 Å². The summed E-state index contributed by atoms with van der Waals surface area (Å²) >= 11 is 11.2. The quantitative estimate of drug-likeness (QED) is 0.686. The van der Waals surface area contributed by atoms with Crippen molar-refractivity contribution in [3.63, 3.8) is 0 Å². The van der Waals surface area contributed by atoms with Gasteiger partial charge in [0.2, 0.25) is 0 Å². The molecule has 0 bridgehead atoms. The molecule has 4 nitrogen and oxygen atoms in total. The van der Waals surface area contributed by atoms with E-state index in [9.17, 15) is 8.42 Å². The van der Waals surface area contributed by atoms with E-state index >= 15 is 0 Å². The summed E-state index contributed by atoms with van der Waals surface area (Å²) < 4.78 is 32.1. The first-order valence-corrected chi connectivity index (χ1v) is 11.0. The molecule has 0 aromatic heterocycles. The van der Waals surface area contributed by atoms with Crippen LogP contribution in [0.2, 0.25) is 5.02 Å². The largest absolute Gasteiger partial charge is 0.393 e. The van der Waals surface area contributed by atoms with Crippen molar-refractivity contribution in [1.82, 2.24) is 0 Å². The van der Waals surface area contributed by atoms with Crippen molar-refractivity contribution in [2.75, 3.05) is 13.7 Å². The Kier molecular flexibility index (Phi) is 5.64. The number of methoxy groups -OCH3 is 1. The topological polar surface area (TPSA) is 69.4 Å². The van der Waals surface area contributed by atoms with Crippen LogP contribution in [0.1, 0.15) is 24.0 Å². The highest BCUT2D eigenvalue weighted by molar-refractivity contribution is 7.92. The highest BCUT2D eigenvalue weighted by Crippen LogP contribution is 2.64. The summed E-state index contributed by atoms with van der Waals surface area (Å²) in [5, 5.41) is -0.287. The fourth-order valence-electron chi connectivity index (χ4n) is 3.84. The predicted molar refractivity (Wildman–Crippen MR) is 112 cm³/mol. The van der Waals surface area contributed by atoms with Gasteiger partial charge < -0.3 is 10.5 Å². The number of benzene rings is 2. The van der Waals surface area contributed by atoms with Gasteiger partial charge in [-0.15, -0.1) is 0 Å². The van der Waals surface area contributed by atoms with Crippen LogP contribution in [0.4, 0.5) is 0 Å². The number of ether oxygens (including phenoxy) is 1. The SMILES string of the molecule is CCc1ccc([C@@H]2[C@@H](S(=O)(=O)c3ccc(Cl)cc3)[C@@]2(COC)C(N)=S)cc1. The zero-order valence-electron chi connectivity index (χ0n) is 15.2. The van der Waals surface area contributed by atoms with E-state index in [1.54, 1.807) is 12.1 Å². The third-order valence-corrected chi connectivity index (χ3v) is 8.24. The van der Waals surface area contributed by atoms with Gasteiger partial charge in [0.05, 0.1) is 27.2 Å². The van der Waals surface area contributed by atoms with E-state index in [1.807, 2.05) is 24.3 Å². The van der Waals surface area contributed by atoms with Gasteiger partial charge in [0.1, 0.15) is 0 Å². The van der Waals surface area contributed by atoms with Crippen LogP contribution in [-0.2, 0) is 21.0 Å². The minimum atomic E-state index is -3.68. The van der Waals surface area contributed by atoms with E-state index in [0.717, 1.165) is 12.0 Å². The molecule has 3 atom stereocenters. The van der Waals surface area contributed by atoms with E-state index in [-0.39, 0.29) is 22.4 Å². The number of hydrogen-bond donors (Lipinski definition) is 1. The Morgan fingerprint density at radius 3 is 2.26 bits per heavy atom. The van der Waals surface area contributed by atoms with E-state index in [0.29, 0.717) is 5.02 Å². The van der Waals surface area contributed by atoms with Gasteiger partial charge in [0.15, 0.2) is 9.84 Å². The second-order valence-corrected chi connectivity index (χ2v) is 9.78. The average molecular weight is 424 g/mol. The van der Waals surface area contributed by atoms with Crippen molar-refractivity contribution >= 4 is 38.6 Å². The second kappa shape index (κ2) is 7.51. The molecule has 3 rings (SSSR count). The summed E-state index contributed by atoms with van der Waals surface area (Å²) in [5.41, 5.74) is 7.22. The van der Waals surface area contributed by atoms with Gasteiger partial charge in [-0.2, -0.15) is 0 Å². The highest BCUT2D eigenvalue weighted by Gasteiger charge is 2.73. The maximum atomic E-state index is 13.4. The minimum Gasteiger partial charge on any atom is -0.393 e. The Hall–Kier alpha value is -1.47. The van der Waals surface area contributed by atoms with Crippen molar-refractivity contribution in [3.8, 4) is 0 Å². The molecule has 27 heavy (non-hydrogen) atoms. The molecule has 1 aliphatic rings. The van der Waals surface area contributed by atoms with Gasteiger partial charge in [0, 0.05) is 18.1 Å². The molecule has 0 heterocycles. The number of rotatable bonds is 7. The lowest BCUT2D eigenvalue weighted by molar-refractivity contribution is 0.166. The third kappa shape index (κ3) is 3.40. The molecule has 0 unspecified atom stereocenters. The molecule has 1 fully saturated rings. The van der Waals surface area contributed by atoms with Crippen molar-refractivity contribution in [2.45, 2.75) is 29.4 Å². The average Bonchev–Trinajstić information content (AvgIpc) is 3.33. The lowest BCUT2D eigenvalue weighted by atomic mass is 9.98. The maximum absolute atomic E-state index is 13.4. The molecular formula is C20H22ClNO3S2. The number of aryl methyl sites for hydroxylation is 1. The van der Waals surface area contributed by atoms with E-state index in [4.69, 9.17) is 34.3 Å². The summed E-state index contributed by atoms with van der Waals surface area (Å²) in [6, 6.07) is 14.1. The van der Waals surface area contributed by atoms with Crippen molar-refractivity contribution in [3.05, 3.63) is 64.7 Å². The smallest absolute Gasteiger partial charge is 0.182 e. The minimum absolute atomic E-state index is 0.153. The van der Waals surface area contributed by atoms with E-state index in [2.05, 4.69) is 6.92 Å². The Morgan fingerprint density at radius 2 is 1.78 bits per heavy atom. The molecule has 0 amide bonds. The lowest BCUT2D eigenvalue weighted by Gasteiger charge is -2.16. The second-order valence-electron chi connectivity index (χ2n) is 6.83. The first-order valence-electron chi connectivity index (χ1n) is 8.66. The molecule has 0 aliphatic heterocycles. The summed E-state index contributed by atoms with van der Waals surface area (Å²) in [6.07, 6.45) is 0.913. The maximum Gasteiger partial charge on any atom is 0.182 e. The van der Waals surface area contributed by atoms with Gasteiger partial charge in [0.25, 0.3) is 0 Å². The fraction of sp³-hybridized carbons (Fsp3) is 0.350. The lowest BCUT2D eigenvalue weighted by Crippen LogP contribution is -2.33. The molecule has 1 aliphatic carbocycles.